The van der Waals surface area contributed by atoms with E-state index in [2.05, 4.69) is 10.4 Å². The second-order valence-electron chi connectivity index (χ2n) is 7.05. The molecule has 1 amide bonds. The summed E-state index contributed by atoms with van der Waals surface area (Å²) in [5, 5.41) is 6.92. The van der Waals surface area contributed by atoms with Crippen LogP contribution in [-0.4, -0.2) is 36.2 Å². The van der Waals surface area contributed by atoms with Crippen LogP contribution in [0.2, 0.25) is 0 Å². The number of esters is 1. The fraction of sp³-hybridized carbons (Fsp3) is 0.286. The molecule has 0 saturated carbocycles. The Balaban J connectivity index is 1.70. The van der Waals surface area contributed by atoms with E-state index in [1.807, 2.05) is 0 Å². The lowest BCUT2D eigenvalue weighted by Gasteiger charge is -2.13. The van der Waals surface area contributed by atoms with E-state index in [-0.39, 0.29) is 16.2 Å². The van der Waals surface area contributed by atoms with E-state index in [1.165, 1.54) is 31.4 Å². The van der Waals surface area contributed by atoms with Crippen molar-refractivity contribution < 1.29 is 27.2 Å². The molecule has 0 aliphatic heterocycles. The molecule has 1 N–H and O–H groups in total. The lowest BCUT2D eigenvalue weighted by Crippen LogP contribution is -2.30. The van der Waals surface area contributed by atoms with E-state index in [1.54, 1.807) is 43.8 Å². The van der Waals surface area contributed by atoms with Crippen molar-refractivity contribution in [3.8, 4) is 0 Å². The zero-order chi connectivity index (χ0) is 22.8. The molecule has 0 radical (unpaired) electrons. The summed E-state index contributed by atoms with van der Waals surface area (Å²) in [4.78, 5) is 25.2. The number of ether oxygens (including phenoxy) is 1. The maximum atomic E-state index is 12.6. The van der Waals surface area contributed by atoms with Crippen LogP contribution in [0.5, 0.6) is 0 Å². The number of aromatic nitrogens is 2. The normalized spacial score (nSPS) is 12.4. The molecule has 164 valence electrons. The molecular weight excluding hydrogens is 422 g/mol. The predicted octanol–water partition coefficient (Wildman–Crippen LogP) is 2.79. The van der Waals surface area contributed by atoms with Crippen LogP contribution >= 0.6 is 0 Å². The molecule has 9 nitrogen and oxygen atoms in total. The highest BCUT2D eigenvalue weighted by Gasteiger charge is 2.27. The molecule has 0 aliphatic carbocycles. The number of nitrogens with zero attached hydrogens (tertiary/aromatic N) is 2. The molecule has 3 rings (SSSR count). The third kappa shape index (κ3) is 4.85. The molecule has 0 saturated heterocycles. The van der Waals surface area contributed by atoms with Crippen LogP contribution in [0, 0.1) is 13.8 Å². The second-order valence-corrected chi connectivity index (χ2v) is 9.04. The monoisotopic (exact) mass is 445 g/mol. The van der Waals surface area contributed by atoms with Crippen LogP contribution in [0.15, 0.2) is 52.0 Å². The van der Waals surface area contributed by atoms with Gasteiger partial charge in [-0.3, -0.25) is 9.48 Å². The van der Waals surface area contributed by atoms with Gasteiger partial charge in [0.15, 0.2) is 15.9 Å². The highest BCUT2D eigenvalue weighted by atomic mass is 32.2. The molecule has 3 aromatic rings. The SMILES string of the molecule is Cc1nn(C)c(C)c1NC(=O)C(C)OC(=O)c1occc1CS(=O)(=O)c1ccccc1. The minimum atomic E-state index is -3.69. The topological polar surface area (TPSA) is 120 Å². The van der Waals surface area contributed by atoms with E-state index < -0.39 is 33.6 Å². The van der Waals surface area contributed by atoms with E-state index >= 15 is 0 Å². The Morgan fingerprint density at radius 2 is 1.87 bits per heavy atom. The zero-order valence-corrected chi connectivity index (χ0v) is 18.4. The fourth-order valence-electron chi connectivity index (χ4n) is 2.99. The standard InChI is InChI=1S/C21H23N3O6S/c1-13-18(14(2)24(4)23-13)22-20(25)15(3)30-21(26)19-16(10-11-29-19)12-31(27,28)17-8-6-5-7-9-17/h5-11,15H,12H2,1-4H3,(H,22,25). The van der Waals surface area contributed by atoms with Gasteiger partial charge < -0.3 is 14.5 Å². The summed E-state index contributed by atoms with van der Waals surface area (Å²) in [5.41, 5.74) is 2.08. The maximum absolute atomic E-state index is 12.6. The average Bonchev–Trinajstić information content (AvgIpc) is 3.27. The third-order valence-electron chi connectivity index (χ3n) is 4.79. The minimum Gasteiger partial charge on any atom is -0.457 e. The summed E-state index contributed by atoms with van der Waals surface area (Å²) in [6.07, 6.45) is 0.0645. The first kappa shape index (κ1) is 22.3. The Morgan fingerprint density at radius 3 is 2.48 bits per heavy atom. The Kier molecular flexibility index (Phi) is 6.30. The van der Waals surface area contributed by atoms with E-state index in [4.69, 9.17) is 9.15 Å². The van der Waals surface area contributed by atoms with Crippen molar-refractivity contribution >= 4 is 27.4 Å². The van der Waals surface area contributed by atoms with Crippen molar-refractivity contribution in [2.75, 3.05) is 5.32 Å². The molecular formula is C21H23N3O6S. The van der Waals surface area contributed by atoms with Crippen LogP contribution in [0.4, 0.5) is 5.69 Å². The molecule has 0 fully saturated rings. The summed E-state index contributed by atoms with van der Waals surface area (Å²) >= 11 is 0. The molecule has 2 heterocycles. The smallest absolute Gasteiger partial charge is 0.375 e. The van der Waals surface area contributed by atoms with Gasteiger partial charge in [0.1, 0.15) is 0 Å². The van der Waals surface area contributed by atoms with Gasteiger partial charge in [0, 0.05) is 12.6 Å². The number of carbonyl (C=O) groups excluding carboxylic acids is 2. The average molecular weight is 445 g/mol. The quantitative estimate of drug-likeness (QED) is 0.555. The summed E-state index contributed by atoms with van der Waals surface area (Å²) in [7, 11) is -1.93. The number of rotatable bonds is 7. The summed E-state index contributed by atoms with van der Waals surface area (Å²) < 4.78 is 37.2. The first-order chi connectivity index (χ1) is 14.6. The van der Waals surface area contributed by atoms with Gasteiger partial charge in [-0.25, -0.2) is 13.2 Å². The van der Waals surface area contributed by atoms with Crippen LogP contribution in [0.1, 0.15) is 34.4 Å². The first-order valence-electron chi connectivity index (χ1n) is 9.46. The van der Waals surface area contributed by atoms with Gasteiger partial charge in [-0.1, -0.05) is 18.2 Å². The molecule has 0 spiro atoms. The van der Waals surface area contributed by atoms with E-state index in [0.717, 1.165) is 5.69 Å². The maximum Gasteiger partial charge on any atom is 0.375 e. The number of aryl methyl sites for hydroxylation is 2. The Bertz CT molecular complexity index is 1210. The van der Waals surface area contributed by atoms with Gasteiger partial charge in [0.2, 0.25) is 5.76 Å². The second kappa shape index (κ2) is 8.76. The molecule has 2 aromatic heterocycles. The summed E-state index contributed by atoms with van der Waals surface area (Å²) in [5.74, 6) is -2.16. The zero-order valence-electron chi connectivity index (χ0n) is 17.6. The Labute approximate surface area is 179 Å². The van der Waals surface area contributed by atoms with E-state index in [0.29, 0.717) is 11.4 Å². The summed E-state index contributed by atoms with van der Waals surface area (Å²) in [6.45, 7) is 4.97. The van der Waals surface area contributed by atoms with Crippen LogP contribution in [0.25, 0.3) is 0 Å². The molecule has 1 aromatic carbocycles. The third-order valence-corrected chi connectivity index (χ3v) is 6.47. The van der Waals surface area contributed by atoms with Gasteiger partial charge in [-0.2, -0.15) is 5.10 Å². The highest BCUT2D eigenvalue weighted by molar-refractivity contribution is 7.90. The lowest BCUT2D eigenvalue weighted by molar-refractivity contribution is -0.123. The minimum absolute atomic E-state index is 0.130. The molecule has 0 aliphatic rings. The number of hydrogen-bond acceptors (Lipinski definition) is 7. The van der Waals surface area contributed by atoms with E-state index in [9.17, 15) is 18.0 Å². The van der Waals surface area contributed by atoms with Crippen molar-refractivity contribution in [2.45, 2.75) is 37.5 Å². The predicted molar refractivity (Wildman–Crippen MR) is 112 cm³/mol. The lowest BCUT2D eigenvalue weighted by atomic mass is 10.2. The molecule has 0 bridgehead atoms. The molecule has 1 atom stereocenters. The number of hydrogen-bond donors (Lipinski definition) is 1. The van der Waals surface area contributed by atoms with Crippen molar-refractivity contribution in [3.63, 3.8) is 0 Å². The van der Waals surface area contributed by atoms with Gasteiger partial charge in [0.25, 0.3) is 5.91 Å². The van der Waals surface area contributed by atoms with Crippen LogP contribution < -0.4 is 5.32 Å². The number of benzene rings is 1. The highest BCUT2D eigenvalue weighted by Crippen LogP contribution is 2.22. The van der Waals surface area contributed by atoms with Gasteiger partial charge in [-0.15, -0.1) is 0 Å². The fourth-order valence-corrected chi connectivity index (χ4v) is 4.37. The van der Waals surface area contributed by atoms with Crippen molar-refractivity contribution in [1.29, 1.82) is 0 Å². The van der Waals surface area contributed by atoms with Crippen LogP contribution in [-0.2, 0) is 32.2 Å². The van der Waals surface area contributed by atoms with Gasteiger partial charge in [-0.05, 0) is 39.0 Å². The number of sulfone groups is 1. The number of amides is 1. The molecule has 10 heteroatoms. The van der Waals surface area contributed by atoms with Crippen LogP contribution in [0.3, 0.4) is 0 Å². The van der Waals surface area contributed by atoms with Crippen molar-refractivity contribution in [3.05, 3.63) is 65.4 Å². The Hall–Kier alpha value is -3.40. The number of furan rings is 1. The molecule has 1 unspecified atom stereocenters. The summed E-state index contributed by atoms with van der Waals surface area (Å²) in [6, 6.07) is 9.28. The molecule has 31 heavy (non-hydrogen) atoms. The number of anilines is 1. The van der Waals surface area contributed by atoms with Crippen molar-refractivity contribution in [1.82, 2.24) is 9.78 Å². The number of carbonyl (C=O) groups is 2. The Morgan fingerprint density at radius 1 is 1.19 bits per heavy atom. The largest absolute Gasteiger partial charge is 0.457 e. The van der Waals surface area contributed by atoms with Crippen molar-refractivity contribution in [2.24, 2.45) is 7.05 Å². The first-order valence-corrected chi connectivity index (χ1v) is 11.1. The number of nitrogens with one attached hydrogen (secondary N) is 1. The van der Waals surface area contributed by atoms with Gasteiger partial charge >= 0.3 is 5.97 Å². The van der Waals surface area contributed by atoms with Gasteiger partial charge in [0.05, 0.1) is 34.0 Å².